The highest BCUT2D eigenvalue weighted by Gasteiger charge is 2.53. The average molecular weight is 504 g/mol. The van der Waals surface area contributed by atoms with Gasteiger partial charge >= 0.3 is 12.1 Å². The van der Waals surface area contributed by atoms with Crippen molar-refractivity contribution in [3.63, 3.8) is 0 Å². The molecule has 0 spiro atoms. The molecular weight excluding hydrogens is 470 g/mol. The van der Waals surface area contributed by atoms with Crippen LogP contribution in [-0.2, 0) is 20.6 Å². The predicted octanol–water partition coefficient (Wildman–Crippen LogP) is 4.43. The Bertz CT molecular complexity index is 1130. The van der Waals surface area contributed by atoms with Gasteiger partial charge in [0.25, 0.3) is 8.32 Å². The van der Waals surface area contributed by atoms with Gasteiger partial charge in [0, 0.05) is 13.0 Å². The molecule has 0 saturated carbocycles. The molecule has 3 aromatic carbocycles. The second-order valence-electron chi connectivity index (χ2n) is 10.2. The van der Waals surface area contributed by atoms with E-state index in [4.69, 9.17) is 9.16 Å². The largest absolute Gasteiger partial charge is 0.480 e. The predicted molar refractivity (Wildman–Crippen MR) is 142 cm³/mol. The van der Waals surface area contributed by atoms with E-state index >= 15 is 0 Å². The van der Waals surface area contributed by atoms with Crippen molar-refractivity contribution in [1.29, 1.82) is 0 Å². The van der Waals surface area contributed by atoms with E-state index in [9.17, 15) is 14.7 Å². The summed E-state index contributed by atoms with van der Waals surface area (Å²) in [6.07, 6.45) is -0.873. The minimum atomic E-state index is -2.89. The van der Waals surface area contributed by atoms with Crippen molar-refractivity contribution in [2.45, 2.75) is 51.0 Å². The van der Waals surface area contributed by atoms with Gasteiger partial charge in [0.1, 0.15) is 12.6 Å². The molecule has 1 amide bonds. The van der Waals surface area contributed by atoms with Crippen LogP contribution in [0.25, 0.3) is 0 Å². The summed E-state index contributed by atoms with van der Waals surface area (Å²) < 4.78 is 12.6. The molecule has 2 atom stereocenters. The highest BCUT2D eigenvalue weighted by molar-refractivity contribution is 6.99. The van der Waals surface area contributed by atoms with Crippen LogP contribution in [0.1, 0.15) is 32.8 Å². The number of carboxylic acids is 1. The van der Waals surface area contributed by atoms with Crippen molar-refractivity contribution in [2.24, 2.45) is 0 Å². The first-order chi connectivity index (χ1) is 17.2. The van der Waals surface area contributed by atoms with Crippen molar-refractivity contribution in [2.75, 3.05) is 6.54 Å². The number of nitrogens with zero attached hydrogens (tertiary/aromatic N) is 1. The number of carboxylic acid groups (broad SMARTS) is 1. The fourth-order valence-corrected chi connectivity index (χ4v) is 9.75. The Morgan fingerprint density at radius 2 is 1.39 bits per heavy atom. The second-order valence-corrected chi connectivity index (χ2v) is 14.4. The van der Waals surface area contributed by atoms with Crippen LogP contribution in [0.3, 0.4) is 0 Å². The number of likely N-dealkylation sites (tertiary alicyclic amines) is 1. The smallest absolute Gasteiger partial charge is 0.410 e. The Balaban J connectivity index is 1.64. The Morgan fingerprint density at radius 3 is 1.86 bits per heavy atom. The standard InChI is InChI=1S/C29H33NO5Si/c1-29(2,3)36(24-15-9-5-10-16-24,25-17-11-6-12-18-25)35-23-19-26(27(31)32)30(20-23)28(33)34-21-22-13-7-4-8-14-22/h4-18,23,26H,19-21H2,1-3H3,(H,31,32)/t23-,26+/m1/s1. The molecule has 0 radical (unpaired) electrons. The summed E-state index contributed by atoms with van der Waals surface area (Å²) in [5.41, 5.74) is 0.844. The first kappa shape index (κ1) is 25.7. The van der Waals surface area contributed by atoms with Crippen molar-refractivity contribution in [3.05, 3.63) is 96.6 Å². The van der Waals surface area contributed by atoms with Crippen molar-refractivity contribution in [3.8, 4) is 0 Å². The fraction of sp³-hybridized carbons (Fsp3) is 0.310. The first-order valence-corrected chi connectivity index (χ1v) is 14.1. The number of hydrogen-bond acceptors (Lipinski definition) is 4. The summed E-state index contributed by atoms with van der Waals surface area (Å²) in [6, 6.07) is 28.7. The van der Waals surface area contributed by atoms with Crippen LogP contribution in [0.4, 0.5) is 4.79 Å². The molecule has 6 nitrogen and oxygen atoms in total. The van der Waals surface area contributed by atoms with Crippen LogP contribution < -0.4 is 10.4 Å². The molecule has 0 aliphatic carbocycles. The van der Waals surface area contributed by atoms with Gasteiger partial charge in [-0.15, -0.1) is 0 Å². The van der Waals surface area contributed by atoms with E-state index < -0.39 is 32.5 Å². The lowest BCUT2D eigenvalue weighted by Crippen LogP contribution is -2.67. The molecule has 7 heteroatoms. The third kappa shape index (κ3) is 5.22. The molecule has 1 heterocycles. The maximum absolute atomic E-state index is 13.0. The molecule has 1 aliphatic heterocycles. The summed E-state index contributed by atoms with van der Waals surface area (Å²) >= 11 is 0. The van der Waals surface area contributed by atoms with E-state index in [0.29, 0.717) is 0 Å². The molecule has 4 rings (SSSR count). The molecule has 1 saturated heterocycles. The lowest BCUT2D eigenvalue weighted by atomic mass is 10.2. The highest BCUT2D eigenvalue weighted by Crippen LogP contribution is 2.39. The van der Waals surface area contributed by atoms with Gasteiger partial charge < -0.3 is 14.3 Å². The van der Waals surface area contributed by atoms with E-state index in [0.717, 1.165) is 15.9 Å². The van der Waals surface area contributed by atoms with E-state index in [2.05, 4.69) is 45.0 Å². The normalized spacial score (nSPS) is 18.1. The van der Waals surface area contributed by atoms with Gasteiger partial charge in [-0.3, -0.25) is 4.90 Å². The quantitative estimate of drug-likeness (QED) is 0.483. The number of rotatable bonds is 7. The summed E-state index contributed by atoms with van der Waals surface area (Å²) in [4.78, 5) is 26.4. The number of aliphatic carboxylic acids is 1. The molecule has 0 aromatic heterocycles. The molecule has 0 bridgehead atoms. The van der Waals surface area contributed by atoms with Crippen molar-refractivity contribution in [1.82, 2.24) is 4.90 Å². The first-order valence-electron chi connectivity index (χ1n) is 12.2. The molecular formula is C29H33NO5Si. The summed E-state index contributed by atoms with van der Waals surface area (Å²) in [6.45, 7) is 6.77. The van der Waals surface area contributed by atoms with E-state index in [1.54, 1.807) is 0 Å². The summed E-state index contributed by atoms with van der Waals surface area (Å²) in [5, 5.41) is 11.9. The third-order valence-electron chi connectivity index (χ3n) is 6.75. The maximum Gasteiger partial charge on any atom is 0.410 e. The summed E-state index contributed by atoms with van der Waals surface area (Å²) in [7, 11) is -2.89. The van der Waals surface area contributed by atoms with Crippen LogP contribution in [0, 0.1) is 0 Å². The van der Waals surface area contributed by atoms with Crippen molar-refractivity contribution >= 4 is 30.8 Å². The van der Waals surface area contributed by atoms with Gasteiger partial charge in [0.15, 0.2) is 0 Å². The molecule has 1 aliphatic rings. The van der Waals surface area contributed by atoms with Gasteiger partial charge in [0.05, 0.1) is 6.10 Å². The monoisotopic (exact) mass is 503 g/mol. The number of benzene rings is 3. The van der Waals surface area contributed by atoms with Gasteiger partial charge in [-0.1, -0.05) is 112 Å². The van der Waals surface area contributed by atoms with Crippen LogP contribution in [0.2, 0.25) is 5.04 Å². The molecule has 3 aromatic rings. The van der Waals surface area contributed by atoms with Crippen LogP contribution >= 0.6 is 0 Å². The second kappa shape index (κ2) is 10.7. The number of amides is 1. The zero-order valence-electron chi connectivity index (χ0n) is 21.0. The Kier molecular flexibility index (Phi) is 7.61. The summed E-state index contributed by atoms with van der Waals surface area (Å²) in [5.74, 6) is -1.06. The van der Waals surface area contributed by atoms with Gasteiger partial charge in [-0.05, 0) is 21.0 Å². The molecule has 36 heavy (non-hydrogen) atoms. The van der Waals surface area contributed by atoms with Crippen LogP contribution in [0.15, 0.2) is 91.0 Å². The zero-order valence-corrected chi connectivity index (χ0v) is 22.0. The van der Waals surface area contributed by atoms with Gasteiger partial charge in [-0.2, -0.15) is 0 Å². The molecule has 188 valence electrons. The van der Waals surface area contributed by atoms with Gasteiger partial charge in [0.2, 0.25) is 0 Å². The third-order valence-corrected chi connectivity index (χ3v) is 11.8. The SMILES string of the molecule is CC(C)(C)[Si](O[C@@H]1C[C@@H](C(=O)O)N(C(=O)OCc2ccccc2)C1)(c1ccccc1)c1ccccc1. The highest BCUT2D eigenvalue weighted by atomic mass is 28.4. The number of ether oxygens (including phenoxy) is 1. The van der Waals surface area contributed by atoms with Crippen LogP contribution in [0.5, 0.6) is 0 Å². The molecule has 1 N–H and O–H groups in total. The van der Waals surface area contributed by atoms with Gasteiger partial charge in [-0.25, -0.2) is 9.59 Å². The minimum Gasteiger partial charge on any atom is -0.480 e. The molecule has 1 fully saturated rings. The van der Waals surface area contributed by atoms with E-state index in [1.807, 2.05) is 66.7 Å². The fourth-order valence-electron chi connectivity index (χ4n) is 5.06. The Labute approximate surface area is 213 Å². The lowest BCUT2D eigenvalue weighted by Gasteiger charge is -2.44. The van der Waals surface area contributed by atoms with E-state index in [1.165, 1.54) is 4.90 Å². The average Bonchev–Trinajstić information content (AvgIpc) is 3.31. The lowest BCUT2D eigenvalue weighted by molar-refractivity contribution is -0.141. The minimum absolute atomic E-state index is 0.0861. The van der Waals surface area contributed by atoms with Crippen molar-refractivity contribution < 1.29 is 23.9 Å². The Hall–Kier alpha value is -3.42. The number of carbonyl (C=O) groups excluding carboxylic acids is 1. The maximum atomic E-state index is 13.0. The number of carbonyl (C=O) groups is 2. The Morgan fingerprint density at radius 1 is 0.889 bits per heavy atom. The molecule has 0 unspecified atom stereocenters. The van der Waals surface area contributed by atoms with E-state index in [-0.39, 0.29) is 24.6 Å². The van der Waals surface area contributed by atoms with Crippen LogP contribution in [-0.4, -0.2) is 49.1 Å². The zero-order chi connectivity index (χ0) is 25.8. The topological polar surface area (TPSA) is 76.1 Å². The number of hydrogen-bond donors (Lipinski definition) is 1.